The van der Waals surface area contributed by atoms with Crippen LogP contribution in [0.4, 0.5) is 5.13 Å². The molecule has 39 heavy (non-hydrogen) atoms. The van der Waals surface area contributed by atoms with Crippen LogP contribution in [0.15, 0.2) is 71.8 Å². The maximum absolute atomic E-state index is 13.7. The highest BCUT2D eigenvalue weighted by molar-refractivity contribution is 7.89. The van der Waals surface area contributed by atoms with Gasteiger partial charge in [0, 0.05) is 43.8 Å². The molecule has 2 heterocycles. The van der Waals surface area contributed by atoms with Gasteiger partial charge in [0.1, 0.15) is 5.75 Å². The van der Waals surface area contributed by atoms with Crippen LogP contribution < -0.4 is 9.64 Å². The van der Waals surface area contributed by atoms with Crippen LogP contribution in [-0.4, -0.2) is 48.8 Å². The van der Waals surface area contributed by atoms with Gasteiger partial charge in [-0.2, -0.15) is 14.8 Å². The van der Waals surface area contributed by atoms with E-state index in [0.717, 1.165) is 9.01 Å². The SMILES string of the molecule is COc1ccc2sc(N(Cc3ccccn3)C(=O)c3ccc(S(=O)(=O)N(CCC#N)CCC#N)cc3)nc2c1. The van der Waals surface area contributed by atoms with Crippen LogP contribution in [0.1, 0.15) is 28.9 Å². The zero-order chi connectivity index (χ0) is 27.8. The normalized spacial score (nSPS) is 11.2. The van der Waals surface area contributed by atoms with Gasteiger partial charge in [0.25, 0.3) is 5.91 Å². The lowest BCUT2D eigenvalue weighted by molar-refractivity contribution is 0.0984. The van der Waals surface area contributed by atoms with Gasteiger partial charge >= 0.3 is 0 Å². The van der Waals surface area contributed by atoms with E-state index in [2.05, 4.69) is 9.97 Å². The van der Waals surface area contributed by atoms with E-state index in [1.54, 1.807) is 25.4 Å². The van der Waals surface area contributed by atoms with Gasteiger partial charge in [0.15, 0.2) is 5.13 Å². The first kappa shape index (κ1) is 27.7. The van der Waals surface area contributed by atoms with Crippen molar-refractivity contribution in [3.8, 4) is 17.9 Å². The van der Waals surface area contributed by atoms with E-state index in [0.29, 0.717) is 22.1 Å². The zero-order valence-corrected chi connectivity index (χ0v) is 22.7. The first-order chi connectivity index (χ1) is 18.9. The molecule has 4 rings (SSSR count). The number of hydrogen-bond donors (Lipinski definition) is 0. The van der Waals surface area contributed by atoms with Crippen molar-refractivity contribution < 1.29 is 17.9 Å². The fourth-order valence-electron chi connectivity index (χ4n) is 3.79. The van der Waals surface area contributed by atoms with Crippen molar-refractivity contribution in [1.29, 1.82) is 10.5 Å². The molecule has 10 nitrogen and oxygen atoms in total. The molecule has 0 saturated carbocycles. The molecule has 0 aliphatic rings. The Morgan fingerprint density at radius 1 is 1.03 bits per heavy atom. The van der Waals surface area contributed by atoms with Crippen LogP contribution in [0.3, 0.4) is 0 Å². The highest BCUT2D eigenvalue weighted by atomic mass is 32.2. The minimum atomic E-state index is -3.96. The molecule has 2 aromatic heterocycles. The Bertz CT molecular complexity index is 1620. The van der Waals surface area contributed by atoms with Gasteiger partial charge in [-0.25, -0.2) is 13.4 Å². The summed E-state index contributed by atoms with van der Waals surface area (Å²) in [5.41, 5.74) is 1.61. The van der Waals surface area contributed by atoms with Crippen molar-refractivity contribution in [2.24, 2.45) is 0 Å². The van der Waals surface area contributed by atoms with Crippen LogP contribution in [0.25, 0.3) is 10.2 Å². The maximum Gasteiger partial charge on any atom is 0.260 e. The summed E-state index contributed by atoms with van der Waals surface area (Å²) in [6, 6.07) is 20.4. The Morgan fingerprint density at radius 2 is 1.74 bits per heavy atom. The topological polar surface area (TPSA) is 140 Å². The number of anilines is 1. The number of aromatic nitrogens is 2. The van der Waals surface area contributed by atoms with Crippen molar-refractivity contribution in [3.05, 3.63) is 78.1 Å². The minimum Gasteiger partial charge on any atom is -0.497 e. The Kier molecular flexibility index (Phi) is 8.84. The Labute approximate surface area is 230 Å². The van der Waals surface area contributed by atoms with Crippen molar-refractivity contribution in [2.45, 2.75) is 24.3 Å². The second kappa shape index (κ2) is 12.5. The number of amides is 1. The second-order valence-corrected chi connectivity index (χ2v) is 11.2. The van der Waals surface area contributed by atoms with E-state index in [4.69, 9.17) is 15.3 Å². The smallest absolute Gasteiger partial charge is 0.260 e. The molecular weight excluding hydrogens is 536 g/mol. The number of ether oxygens (including phenoxy) is 1. The highest BCUT2D eigenvalue weighted by Gasteiger charge is 2.26. The van der Waals surface area contributed by atoms with E-state index in [9.17, 15) is 13.2 Å². The number of nitriles is 2. The number of rotatable bonds is 11. The van der Waals surface area contributed by atoms with E-state index in [1.807, 2.05) is 36.4 Å². The van der Waals surface area contributed by atoms with E-state index in [1.165, 1.54) is 40.5 Å². The number of sulfonamides is 1. The lowest BCUT2D eigenvalue weighted by Gasteiger charge is -2.21. The Morgan fingerprint density at radius 3 is 2.36 bits per heavy atom. The fraction of sp³-hybridized carbons (Fsp3) is 0.222. The van der Waals surface area contributed by atoms with Crippen LogP contribution >= 0.6 is 11.3 Å². The van der Waals surface area contributed by atoms with E-state index >= 15 is 0 Å². The Hall–Kier alpha value is -4.36. The summed E-state index contributed by atoms with van der Waals surface area (Å²) in [5, 5.41) is 18.3. The fourth-order valence-corrected chi connectivity index (χ4v) is 6.18. The number of benzene rings is 2. The average Bonchev–Trinajstić information content (AvgIpc) is 3.39. The predicted octanol–water partition coefficient (Wildman–Crippen LogP) is 4.36. The second-order valence-electron chi connectivity index (χ2n) is 8.29. The van der Waals surface area contributed by atoms with Crippen LogP contribution in [-0.2, 0) is 16.6 Å². The molecule has 1 amide bonds. The molecule has 2 aromatic carbocycles. The average molecular weight is 561 g/mol. The third-order valence-electron chi connectivity index (χ3n) is 5.79. The third kappa shape index (κ3) is 6.38. The molecule has 0 spiro atoms. The van der Waals surface area contributed by atoms with Gasteiger partial charge < -0.3 is 4.74 Å². The third-order valence-corrected chi connectivity index (χ3v) is 8.76. The zero-order valence-electron chi connectivity index (χ0n) is 21.0. The molecule has 0 bridgehead atoms. The number of fused-ring (bicyclic) bond motifs is 1. The van der Waals surface area contributed by atoms with Crippen molar-refractivity contribution in [3.63, 3.8) is 0 Å². The van der Waals surface area contributed by atoms with Gasteiger partial charge in [-0.15, -0.1) is 0 Å². The van der Waals surface area contributed by atoms with Gasteiger partial charge in [-0.3, -0.25) is 14.7 Å². The van der Waals surface area contributed by atoms with Crippen LogP contribution in [0, 0.1) is 22.7 Å². The van der Waals surface area contributed by atoms with E-state index < -0.39 is 10.0 Å². The summed E-state index contributed by atoms with van der Waals surface area (Å²) in [4.78, 5) is 24.2. The molecule has 0 radical (unpaired) electrons. The molecule has 0 aliphatic carbocycles. The number of hydrogen-bond acceptors (Lipinski definition) is 9. The standard InChI is InChI=1S/C27H24N6O4S2/c1-37-22-9-12-25-24(18-22)31-27(38-25)33(19-21-6-2-3-15-30-21)26(34)20-7-10-23(11-8-20)39(35,36)32(16-4-13-28)17-5-14-29/h2-3,6-12,15,18H,4-5,16-17,19H2,1H3. The maximum atomic E-state index is 13.7. The Balaban J connectivity index is 1.66. The largest absolute Gasteiger partial charge is 0.497 e. The molecule has 0 aliphatic heterocycles. The van der Waals surface area contributed by atoms with Gasteiger partial charge in [0.05, 0.1) is 46.6 Å². The molecule has 0 saturated heterocycles. The van der Waals surface area contributed by atoms with Gasteiger partial charge in [-0.1, -0.05) is 17.4 Å². The lowest BCUT2D eigenvalue weighted by atomic mass is 10.2. The summed E-state index contributed by atoms with van der Waals surface area (Å²) >= 11 is 1.35. The lowest BCUT2D eigenvalue weighted by Crippen LogP contribution is -2.33. The first-order valence-electron chi connectivity index (χ1n) is 11.9. The van der Waals surface area contributed by atoms with Crippen molar-refractivity contribution in [1.82, 2.24) is 14.3 Å². The molecule has 198 valence electrons. The number of carbonyl (C=O) groups excluding carboxylic acids is 1. The predicted molar refractivity (Wildman–Crippen MR) is 147 cm³/mol. The van der Waals surface area contributed by atoms with Gasteiger partial charge in [0.2, 0.25) is 10.0 Å². The monoisotopic (exact) mass is 560 g/mol. The quantitative estimate of drug-likeness (QED) is 0.263. The molecule has 0 N–H and O–H groups in total. The number of methoxy groups -OCH3 is 1. The first-order valence-corrected chi connectivity index (χ1v) is 14.1. The van der Waals surface area contributed by atoms with Crippen LogP contribution in [0.5, 0.6) is 5.75 Å². The van der Waals surface area contributed by atoms with Crippen molar-refractivity contribution in [2.75, 3.05) is 25.1 Å². The summed E-state index contributed by atoms with van der Waals surface area (Å²) < 4.78 is 33.6. The minimum absolute atomic E-state index is 0.00223. The molecule has 0 fully saturated rings. The summed E-state index contributed by atoms with van der Waals surface area (Å²) in [5.74, 6) is 0.277. The van der Waals surface area contributed by atoms with Crippen molar-refractivity contribution >= 4 is 42.6 Å². The number of pyridine rings is 1. The summed E-state index contributed by atoms with van der Waals surface area (Å²) in [6.07, 6.45) is 1.64. The summed E-state index contributed by atoms with van der Waals surface area (Å²) in [7, 11) is -2.39. The molecule has 0 unspecified atom stereocenters. The van der Waals surface area contributed by atoms with E-state index in [-0.39, 0.29) is 48.8 Å². The number of thiazole rings is 1. The highest BCUT2D eigenvalue weighted by Crippen LogP contribution is 2.33. The van der Waals surface area contributed by atoms with Crippen LogP contribution in [0.2, 0.25) is 0 Å². The summed E-state index contributed by atoms with van der Waals surface area (Å²) in [6.45, 7) is 0.107. The molecule has 0 atom stereocenters. The molecular formula is C27H24N6O4S2. The molecule has 4 aromatic rings. The number of carbonyl (C=O) groups is 1. The van der Waals surface area contributed by atoms with Gasteiger partial charge in [-0.05, 0) is 48.5 Å². The molecule has 12 heteroatoms. The number of nitrogens with zero attached hydrogens (tertiary/aromatic N) is 6.